The first-order chi connectivity index (χ1) is 15.0. The SMILES string of the molecule is CCOC(=O)C=C(C#N)C#N.Cl.N#Cc1cnn(C2CCCC2)c1N.NNC1CCCC1. The molecule has 0 saturated heterocycles. The van der Waals surface area contributed by atoms with E-state index >= 15 is 0 Å². The maximum atomic E-state index is 10.6. The Morgan fingerprint density at radius 1 is 1.22 bits per heavy atom. The molecule has 0 aromatic carbocycles. The highest BCUT2D eigenvalue weighted by molar-refractivity contribution is 5.85. The lowest BCUT2D eigenvalue weighted by Crippen LogP contribution is -2.32. The normalized spacial score (nSPS) is 14.7. The van der Waals surface area contributed by atoms with Crippen molar-refractivity contribution in [2.24, 2.45) is 5.84 Å². The summed E-state index contributed by atoms with van der Waals surface area (Å²) < 4.78 is 6.26. The van der Waals surface area contributed by atoms with Crippen molar-refractivity contribution in [2.45, 2.75) is 70.4 Å². The number of carbonyl (C=O) groups is 1. The fourth-order valence-electron chi connectivity index (χ4n) is 3.38. The summed E-state index contributed by atoms with van der Waals surface area (Å²) in [5.41, 5.74) is 8.78. The predicted octanol–water partition coefficient (Wildman–Crippen LogP) is 2.79. The molecule has 0 atom stereocenters. The van der Waals surface area contributed by atoms with Gasteiger partial charge in [0, 0.05) is 6.04 Å². The molecule has 2 aliphatic rings. The lowest BCUT2D eigenvalue weighted by atomic mass is 10.2. The molecule has 0 radical (unpaired) electrons. The van der Waals surface area contributed by atoms with E-state index in [1.54, 1.807) is 29.9 Å². The van der Waals surface area contributed by atoms with Gasteiger partial charge in [0.15, 0.2) is 0 Å². The van der Waals surface area contributed by atoms with Crippen molar-refractivity contribution in [2.75, 3.05) is 12.3 Å². The van der Waals surface area contributed by atoms with Gasteiger partial charge in [-0.1, -0.05) is 25.7 Å². The second kappa shape index (κ2) is 16.6. The molecule has 32 heavy (non-hydrogen) atoms. The maximum absolute atomic E-state index is 10.6. The second-order valence-corrected chi connectivity index (χ2v) is 7.12. The number of halogens is 1. The number of nitriles is 3. The van der Waals surface area contributed by atoms with E-state index in [2.05, 4.69) is 15.3 Å². The van der Waals surface area contributed by atoms with Crippen LogP contribution in [0.25, 0.3) is 0 Å². The average Bonchev–Trinajstić information content (AvgIpc) is 3.54. The summed E-state index contributed by atoms with van der Waals surface area (Å²) in [6, 6.07) is 6.15. The number of nitrogens with two attached hydrogens (primary N) is 2. The second-order valence-electron chi connectivity index (χ2n) is 7.12. The zero-order valence-corrected chi connectivity index (χ0v) is 19.1. The zero-order valence-electron chi connectivity index (χ0n) is 18.3. The monoisotopic (exact) mass is 462 g/mol. The Morgan fingerprint density at radius 3 is 2.19 bits per heavy atom. The van der Waals surface area contributed by atoms with Crippen LogP contribution in [0.4, 0.5) is 5.82 Å². The molecule has 0 bridgehead atoms. The number of nitrogens with zero attached hydrogens (tertiary/aromatic N) is 5. The fourth-order valence-corrected chi connectivity index (χ4v) is 3.38. The number of carbonyl (C=O) groups excluding carboxylic acids is 1. The summed E-state index contributed by atoms with van der Waals surface area (Å²) in [6.07, 6.45) is 12.4. The van der Waals surface area contributed by atoms with Crippen molar-refractivity contribution < 1.29 is 9.53 Å². The van der Waals surface area contributed by atoms with Crippen LogP contribution in [0.15, 0.2) is 17.8 Å². The van der Waals surface area contributed by atoms with Gasteiger partial charge in [0.1, 0.15) is 35.2 Å². The summed E-state index contributed by atoms with van der Waals surface area (Å²) in [4.78, 5) is 10.6. The van der Waals surface area contributed by atoms with Crippen molar-refractivity contribution in [1.82, 2.24) is 15.2 Å². The van der Waals surface area contributed by atoms with Gasteiger partial charge < -0.3 is 10.5 Å². The Labute approximate surface area is 195 Å². The average molecular weight is 463 g/mol. The van der Waals surface area contributed by atoms with Crippen LogP contribution in [0.1, 0.15) is 69.9 Å². The highest BCUT2D eigenvalue weighted by atomic mass is 35.5. The van der Waals surface area contributed by atoms with Gasteiger partial charge in [-0.05, 0) is 32.6 Å². The van der Waals surface area contributed by atoms with Crippen LogP contribution in [-0.4, -0.2) is 28.4 Å². The van der Waals surface area contributed by atoms with Crippen molar-refractivity contribution in [3.8, 4) is 18.2 Å². The molecule has 10 nitrogen and oxygen atoms in total. The minimum Gasteiger partial charge on any atom is -0.463 e. The molecule has 1 aromatic rings. The highest BCUT2D eigenvalue weighted by Gasteiger charge is 2.20. The molecule has 1 heterocycles. The first-order valence-electron chi connectivity index (χ1n) is 10.4. The van der Waals surface area contributed by atoms with Gasteiger partial charge in [-0.3, -0.25) is 11.3 Å². The minimum absolute atomic E-state index is 0. The molecule has 0 spiro atoms. The van der Waals surface area contributed by atoms with E-state index in [-0.39, 0.29) is 24.6 Å². The van der Waals surface area contributed by atoms with Gasteiger partial charge in [-0.2, -0.15) is 20.9 Å². The molecular formula is C21H31ClN8O2. The van der Waals surface area contributed by atoms with Gasteiger partial charge >= 0.3 is 5.97 Å². The minimum atomic E-state index is -0.661. The largest absolute Gasteiger partial charge is 0.463 e. The van der Waals surface area contributed by atoms with Crippen LogP contribution in [0.5, 0.6) is 0 Å². The summed E-state index contributed by atoms with van der Waals surface area (Å²) >= 11 is 0. The molecule has 0 aliphatic heterocycles. The molecule has 11 heteroatoms. The highest BCUT2D eigenvalue weighted by Crippen LogP contribution is 2.31. The van der Waals surface area contributed by atoms with Gasteiger partial charge in [0.25, 0.3) is 0 Å². The number of anilines is 1. The Morgan fingerprint density at radius 2 is 1.78 bits per heavy atom. The van der Waals surface area contributed by atoms with E-state index in [1.807, 2.05) is 6.07 Å². The molecule has 174 valence electrons. The number of allylic oxidation sites excluding steroid dienone is 1. The van der Waals surface area contributed by atoms with E-state index in [9.17, 15) is 4.79 Å². The van der Waals surface area contributed by atoms with Crippen LogP contribution in [0, 0.1) is 34.0 Å². The molecular weight excluding hydrogens is 432 g/mol. The van der Waals surface area contributed by atoms with Crippen LogP contribution in [0.3, 0.4) is 0 Å². The van der Waals surface area contributed by atoms with Gasteiger partial charge in [-0.25, -0.2) is 9.48 Å². The Balaban J connectivity index is 0.000000463. The first-order valence-corrected chi connectivity index (χ1v) is 10.4. The number of rotatable bonds is 4. The van der Waals surface area contributed by atoms with Gasteiger partial charge in [0.05, 0.1) is 24.9 Å². The smallest absolute Gasteiger partial charge is 0.332 e. The number of hydrazine groups is 1. The Bertz CT molecular complexity index is 835. The number of nitrogen functional groups attached to an aromatic ring is 1. The summed E-state index contributed by atoms with van der Waals surface area (Å²) in [5.74, 6) is 5.04. The Hall–Kier alpha value is -3.10. The van der Waals surface area contributed by atoms with E-state index in [0.717, 1.165) is 18.9 Å². The van der Waals surface area contributed by atoms with E-state index < -0.39 is 5.97 Å². The van der Waals surface area contributed by atoms with Crippen LogP contribution in [0.2, 0.25) is 0 Å². The molecule has 2 fully saturated rings. The number of nitrogens with one attached hydrogen (secondary N) is 1. The van der Waals surface area contributed by atoms with Gasteiger partial charge in [-0.15, -0.1) is 12.4 Å². The lowest BCUT2D eigenvalue weighted by molar-refractivity contribution is -0.137. The first kappa shape index (κ1) is 28.9. The third kappa shape index (κ3) is 9.80. The molecule has 3 rings (SSSR count). The number of hydrogen-bond donors (Lipinski definition) is 3. The van der Waals surface area contributed by atoms with Gasteiger partial charge in [0.2, 0.25) is 0 Å². The Kier molecular flexibility index (Phi) is 15.0. The van der Waals surface area contributed by atoms with E-state index in [1.165, 1.54) is 38.5 Å². The molecule has 0 unspecified atom stereocenters. The molecule has 2 aliphatic carbocycles. The van der Waals surface area contributed by atoms with Crippen molar-refractivity contribution >= 4 is 24.2 Å². The topological polar surface area (TPSA) is 180 Å². The van der Waals surface area contributed by atoms with E-state index in [4.69, 9.17) is 27.4 Å². The number of esters is 1. The predicted molar refractivity (Wildman–Crippen MR) is 122 cm³/mol. The third-order valence-corrected chi connectivity index (χ3v) is 5.01. The van der Waals surface area contributed by atoms with Crippen LogP contribution in [-0.2, 0) is 9.53 Å². The molecule has 5 N–H and O–H groups in total. The zero-order chi connectivity index (χ0) is 23.1. The fraction of sp³-hybridized carbons (Fsp3) is 0.571. The summed E-state index contributed by atoms with van der Waals surface area (Å²) in [6.45, 7) is 1.88. The number of aromatic nitrogens is 2. The number of ether oxygens (including phenoxy) is 1. The third-order valence-electron chi connectivity index (χ3n) is 5.01. The van der Waals surface area contributed by atoms with Crippen molar-refractivity contribution in [1.29, 1.82) is 15.8 Å². The molecule has 0 amide bonds. The van der Waals surface area contributed by atoms with Crippen molar-refractivity contribution in [3.05, 3.63) is 23.4 Å². The van der Waals surface area contributed by atoms with Crippen molar-refractivity contribution in [3.63, 3.8) is 0 Å². The molecule has 1 aromatic heterocycles. The molecule has 2 saturated carbocycles. The lowest BCUT2D eigenvalue weighted by Gasteiger charge is -2.10. The maximum Gasteiger partial charge on any atom is 0.332 e. The summed E-state index contributed by atoms with van der Waals surface area (Å²) in [7, 11) is 0. The summed E-state index contributed by atoms with van der Waals surface area (Å²) in [5, 5.41) is 29.2. The van der Waals surface area contributed by atoms with Crippen LogP contribution < -0.4 is 17.0 Å². The van der Waals surface area contributed by atoms with E-state index in [0.29, 0.717) is 23.5 Å². The quantitative estimate of drug-likeness (QED) is 0.199. The number of hydrogen-bond acceptors (Lipinski definition) is 9. The standard InChI is InChI=1S/C9H12N4.C7H6N2O2.C5H12N2.ClH/c10-5-7-6-12-13(9(7)11)8-3-1-2-4-8;1-2-11-7(10)3-6(4-8)5-9;6-7-5-3-1-2-4-5;/h6,8H,1-4,11H2;3H,2H2,1H3;5,7H,1-4,6H2;1H. The van der Waals surface area contributed by atoms with Crippen LogP contribution >= 0.6 is 12.4 Å².